The zero-order valence-corrected chi connectivity index (χ0v) is 14.7. The molecule has 1 aromatic carbocycles. The number of amides is 2. The Morgan fingerprint density at radius 3 is 2.52 bits per heavy atom. The summed E-state index contributed by atoms with van der Waals surface area (Å²) in [5.41, 5.74) is 0.641. The van der Waals surface area contributed by atoms with Gasteiger partial charge < -0.3 is 19.3 Å². The molecule has 1 aromatic rings. The molecule has 1 aliphatic rings. The quantitative estimate of drug-likeness (QED) is 0.679. The molecule has 1 fully saturated rings. The topological polar surface area (TPSA) is 59.1 Å². The minimum atomic E-state index is -0.390. The summed E-state index contributed by atoms with van der Waals surface area (Å²) in [6.07, 6.45) is 3.52. The minimum Gasteiger partial charge on any atom is -0.497 e. The average Bonchev–Trinajstić information content (AvgIpc) is 3.01. The zero-order chi connectivity index (χ0) is 18.4. The molecule has 0 aliphatic carbocycles. The number of rotatable bonds is 8. The van der Waals surface area contributed by atoms with Crippen molar-refractivity contribution >= 4 is 17.5 Å². The van der Waals surface area contributed by atoms with Gasteiger partial charge in [0.1, 0.15) is 11.5 Å². The first kappa shape index (κ1) is 18.6. The van der Waals surface area contributed by atoms with Crippen LogP contribution < -0.4 is 14.4 Å². The molecule has 0 radical (unpaired) electrons. The fourth-order valence-electron chi connectivity index (χ4n) is 2.94. The van der Waals surface area contributed by atoms with E-state index >= 15 is 0 Å². The van der Waals surface area contributed by atoms with Gasteiger partial charge in [0.05, 0.1) is 25.8 Å². The summed E-state index contributed by atoms with van der Waals surface area (Å²) < 4.78 is 10.6. The van der Waals surface area contributed by atoms with Crippen molar-refractivity contribution in [2.45, 2.75) is 6.42 Å². The maximum Gasteiger partial charge on any atom is 0.228 e. The van der Waals surface area contributed by atoms with E-state index in [1.165, 1.54) is 7.11 Å². The van der Waals surface area contributed by atoms with Gasteiger partial charge in [-0.25, -0.2) is 0 Å². The molecule has 2 rings (SSSR count). The Morgan fingerprint density at radius 1 is 1.28 bits per heavy atom. The van der Waals surface area contributed by atoms with Gasteiger partial charge in [-0.2, -0.15) is 0 Å². The van der Waals surface area contributed by atoms with Crippen molar-refractivity contribution in [1.82, 2.24) is 4.90 Å². The number of nitrogens with zero attached hydrogens (tertiary/aromatic N) is 2. The Hall–Kier alpha value is -2.76. The molecule has 0 aromatic heterocycles. The second-order valence-electron chi connectivity index (χ2n) is 5.76. The highest BCUT2D eigenvalue weighted by atomic mass is 16.5. The fourth-order valence-corrected chi connectivity index (χ4v) is 2.94. The smallest absolute Gasteiger partial charge is 0.228 e. The molecule has 1 aliphatic heterocycles. The predicted octanol–water partition coefficient (Wildman–Crippen LogP) is 2.26. The second kappa shape index (κ2) is 8.37. The lowest BCUT2D eigenvalue weighted by Gasteiger charge is -2.23. The molecular weight excluding hydrogens is 320 g/mol. The molecule has 134 valence electrons. The van der Waals surface area contributed by atoms with E-state index < -0.39 is 0 Å². The monoisotopic (exact) mass is 344 g/mol. The SMILES string of the molecule is C=CCN(CC=C)C(=O)[C@H]1CC(=O)N(c2ccc(OC)cc2OC)C1. The number of carbonyl (C=O) groups excluding carboxylic acids is 2. The minimum absolute atomic E-state index is 0.0665. The Kier molecular flexibility index (Phi) is 6.22. The molecular formula is C19H24N2O4. The standard InChI is InChI=1S/C19H24N2O4/c1-5-9-20(10-6-2)19(23)14-11-18(22)21(13-14)16-8-7-15(24-3)12-17(16)25-4/h5-8,12,14H,1-2,9-11,13H2,3-4H3/t14-/m0/s1. The molecule has 25 heavy (non-hydrogen) atoms. The third kappa shape index (κ3) is 4.02. The van der Waals surface area contributed by atoms with Crippen LogP contribution in [0.4, 0.5) is 5.69 Å². The van der Waals surface area contributed by atoms with Crippen LogP contribution in [-0.4, -0.2) is 50.6 Å². The van der Waals surface area contributed by atoms with Crippen LogP contribution >= 0.6 is 0 Å². The summed E-state index contributed by atoms with van der Waals surface area (Å²) in [4.78, 5) is 28.4. The van der Waals surface area contributed by atoms with Crippen molar-refractivity contribution in [2.75, 3.05) is 38.8 Å². The van der Waals surface area contributed by atoms with Crippen molar-refractivity contribution in [3.63, 3.8) is 0 Å². The summed E-state index contributed by atoms with van der Waals surface area (Å²) in [5.74, 6) is 0.624. The van der Waals surface area contributed by atoms with E-state index in [1.54, 1.807) is 47.3 Å². The van der Waals surface area contributed by atoms with E-state index in [0.717, 1.165) is 0 Å². The largest absolute Gasteiger partial charge is 0.497 e. The van der Waals surface area contributed by atoms with E-state index in [0.29, 0.717) is 36.8 Å². The van der Waals surface area contributed by atoms with Gasteiger partial charge in [-0.15, -0.1) is 13.2 Å². The van der Waals surface area contributed by atoms with Crippen molar-refractivity contribution in [3.8, 4) is 11.5 Å². The van der Waals surface area contributed by atoms with Crippen LogP contribution in [0.25, 0.3) is 0 Å². The lowest BCUT2D eigenvalue weighted by molar-refractivity contribution is -0.134. The van der Waals surface area contributed by atoms with Crippen LogP contribution in [0.15, 0.2) is 43.5 Å². The highest BCUT2D eigenvalue weighted by molar-refractivity contribution is 6.01. The fraction of sp³-hybridized carbons (Fsp3) is 0.368. The normalized spacial score (nSPS) is 16.5. The number of ether oxygens (including phenoxy) is 2. The highest BCUT2D eigenvalue weighted by Gasteiger charge is 2.37. The number of methoxy groups -OCH3 is 2. The van der Waals surface area contributed by atoms with Gasteiger partial charge in [0.15, 0.2) is 0 Å². The highest BCUT2D eigenvalue weighted by Crippen LogP contribution is 2.36. The van der Waals surface area contributed by atoms with Crippen molar-refractivity contribution in [3.05, 3.63) is 43.5 Å². The van der Waals surface area contributed by atoms with Gasteiger partial charge in [-0.05, 0) is 12.1 Å². The maximum atomic E-state index is 12.7. The molecule has 6 heteroatoms. The first-order valence-corrected chi connectivity index (χ1v) is 8.08. The third-order valence-electron chi connectivity index (χ3n) is 4.16. The van der Waals surface area contributed by atoms with E-state index in [9.17, 15) is 9.59 Å². The Balaban J connectivity index is 2.21. The van der Waals surface area contributed by atoms with E-state index in [4.69, 9.17) is 9.47 Å². The molecule has 0 bridgehead atoms. The Bertz CT molecular complexity index is 661. The lowest BCUT2D eigenvalue weighted by atomic mass is 10.1. The van der Waals surface area contributed by atoms with Crippen LogP contribution in [0, 0.1) is 5.92 Å². The van der Waals surface area contributed by atoms with E-state index in [2.05, 4.69) is 13.2 Å². The van der Waals surface area contributed by atoms with Crippen LogP contribution in [-0.2, 0) is 9.59 Å². The molecule has 2 amide bonds. The first-order valence-electron chi connectivity index (χ1n) is 8.08. The molecule has 6 nitrogen and oxygen atoms in total. The predicted molar refractivity (Wildman–Crippen MR) is 97.0 cm³/mol. The first-order chi connectivity index (χ1) is 12.0. The molecule has 1 saturated heterocycles. The van der Waals surface area contributed by atoms with E-state index in [-0.39, 0.29) is 24.2 Å². The maximum absolute atomic E-state index is 12.7. The molecule has 1 heterocycles. The molecule has 0 spiro atoms. The number of hydrogen-bond acceptors (Lipinski definition) is 4. The van der Waals surface area contributed by atoms with Gasteiger partial charge in [0, 0.05) is 32.1 Å². The molecule has 1 atom stereocenters. The van der Waals surface area contributed by atoms with Gasteiger partial charge >= 0.3 is 0 Å². The summed E-state index contributed by atoms with van der Waals surface area (Å²) in [6, 6.07) is 5.26. The molecule has 0 N–H and O–H groups in total. The molecule has 0 unspecified atom stereocenters. The number of hydrogen-bond donors (Lipinski definition) is 0. The number of benzene rings is 1. The van der Waals surface area contributed by atoms with Gasteiger partial charge in [-0.3, -0.25) is 9.59 Å². The van der Waals surface area contributed by atoms with E-state index in [1.807, 2.05) is 0 Å². The summed E-state index contributed by atoms with van der Waals surface area (Å²) in [7, 11) is 3.11. The van der Waals surface area contributed by atoms with Crippen LogP contribution in [0.5, 0.6) is 11.5 Å². The van der Waals surface area contributed by atoms with Gasteiger partial charge in [-0.1, -0.05) is 12.2 Å². The van der Waals surface area contributed by atoms with Crippen molar-refractivity contribution in [1.29, 1.82) is 0 Å². The van der Waals surface area contributed by atoms with Gasteiger partial charge in [0.25, 0.3) is 0 Å². The summed E-state index contributed by atoms with van der Waals surface area (Å²) in [5, 5.41) is 0. The third-order valence-corrected chi connectivity index (χ3v) is 4.16. The Labute approximate surface area is 148 Å². The Morgan fingerprint density at radius 2 is 1.96 bits per heavy atom. The lowest BCUT2D eigenvalue weighted by Crippen LogP contribution is -2.37. The average molecular weight is 344 g/mol. The second-order valence-corrected chi connectivity index (χ2v) is 5.76. The van der Waals surface area contributed by atoms with Gasteiger partial charge in [0.2, 0.25) is 11.8 Å². The van der Waals surface area contributed by atoms with Crippen molar-refractivity contribution in [2.24, 2.45) is 5.92 Å². The van der Waals surface area contributed by atoms with Crippen LogP contribution in [0.1, 0.15) is 6.42 Å². The zero-order valence-electron chi connectivity index (χ0n) is 14.7. The van der Waals surface area contributed by atoms with Crippen LogP contribution in [0.2, 0.25) is 0 Å². The van der Waals surface area contributed by atoms with Crippen molar-refractivity contribution < 1.29 is 19.1 Å². The number of anilines is 1. The van der Waals surface area contributed by atoms with Crippen LogP contribution in [0.3, 0.4) is 0 Å². The summed E-state index contributed by atoms with van der Waals surface area (Å²) >= 11 is 0. The molecule has 0 saturated carbocycles. The summed E-state index contributed by atoms with van der Waals surface area (Å²) in [6.45, 7) is 8.54. The number of carbonyl (C=O) groups is 2.